The minimum atomic E-state index is 0.478. The van der Waals surface area contributed by atoms with Crippen LogP contribution in [-0.2, 0) is 11.9 Å². The molecule has 0 heterocycles. The molecule has 0 saturated carbocycles. The van der Waals surface area contributed by atoms with Crippen molar-refractivity contribution in [3.8, 4) is 5.75 Å². The van der Waals surface area contributed by atoms with E-state index in [4.69, 9.17) is 16.3 Å². The molecule has 0 N–H and O–H groups in total. The van der Waals surface area contributed by atoms with Crippen molar-refractivity contribution in [3.05, 3.63) is 61.5 Å². The van der Waals surface area contributed by atoms with Gasteiger partial charge in [-0.25, -0.2) is 0 Å². The number of halogens is 4. The molecule has 1 nitrogen and oxygen atoms in total. The van der Waals surface area contributed by atoms with Gasteiger partial charge in [-0.15, -0.1) is 0 Å². The molecule has 0 aliphatic carbocycles. The molecule has 100 valence electrons. The first-order valence-corrected chi connectivity index (χ1v) is 8.60. The number of hydrogen-bond donors (Lipinski definition) is 0. The van der Waals surface area contributed by atoms with E-state index in [0.717, 1.165) is 25.6 Å². The van der Waals surface area contributed by atoms with E-state index in [9.17, 15) is 0 Å². The monoisotopic (exact) mass is 466 g/mol. The Bertz CT molecular complexity index is 564. The fraction of sp³-hybridized carbons (Fsp3) is 0.143. The lowest BCUT2D eigenvalue weighted by molar-refractivity contribution is 0.302. The summed E-state index contributed by atoms with van der Waals surface area (Å²) >= 11 is 16.4. The third-order valence-electron chi connectivity index (χ3n) is 2.48. The van der Waals surface area contributed by atoms with Gasteiger partial charge in [0.25, 0.3) is 0 Å². The van der Waals surface area contributed by atoms with Crippen molar-refractivity contribution in [1.29, 1.82) is 0 Å². The molecular weight excluding hydrogens is 459 g/mol. The van der Waals surface area contributed by atoms with E-state index in [1.807, 2.05) is 36.4 Å². The highest BCUT2D eigenvalue weighted by atomic mass is 79.9. The number of hydrogen-bond acceptors (Lipinski definition) is 1. The standard InChI is InChI=1S/C14H10Br3ClO/c15-7-10-5-12(16)14(13(17)6-10)19-8-9-2-1-3-11(18)4-9/h1-6H,7-8H2. The maximum absolute atomic E-state index is 5.95. The van der Waals surface area contributed by atoms with Crippen LogP contribution < -0.4 is 4.74 Å². The predicted molar refractivity (Wildman–Crippen MR) is 90.3 cm³/mol. The van der Waals surface area contributed by atoms with Gasteiger partial charge in [-0.05, 0) is 67.3 Å². The van der Waals surface area contributed by atoms with Crippen molar-refractivity contribution in [3.63, 3.8) is 0 Å². The maximum Gasteiger partial charge on any atom is 0.148 e. The molecule has 2 aromatic carbocycles. The summed E-state index contributed by atoms with van der Waals surface area (Å²) in [6, 6.07) is 11.7. The van der Waals surface area contributed by atoms with Gasteiger partial charge in [0.1, 0.15) is 12.4 Å². The molecule has 0 aliphatic heterocycles. The fourth-order valence-electron chi connectivity index (χ4n) is 1.61. The molecule has 0 unspecified atom stereocenters. The van der Waals surface area contributed by atoms with Gasteiger partial charge >= 0.3 is 0 Å². The highest BCUT2D eigenvalue weighted by molar-refractivity contribution is 9.11. The normalized spacial score (nSPS) is 10.5. The molecule has 19 heavy (non-hydrogen) atoms. The minimum Gasteiger partial charge on any atom is -0.487 e. The third-order valence-corrected chi connectivity index (χ3v) is 4.55. The van der Waals surface area contributed by atoms with Crippen molar-refractivity contribution in [1.82, 2.24) is 0 Å². The first kappa shape index (κ1) is 15.4. The van der Waals surface area contributed by atoms with Gasteiger partial charge in [-0.3, -0.25) is 0 Å². The SMILES string of the molecule is Clc1cccc(COc2c(Br)cc(CBr)cc2Br)c1. The average Bonchev–Trinajstić information content (AvgIpc) is 2.37. The van der Waals surface area contributed by atoms with E-state index < -0.39 is 0 Å². The summed E-state index contributed by atoms with van der Waals surface area (Å²) in [5, 5.41) is 1.52. The van der Waals surface area contributed by atoms with Crippen LogP contribution in [0.5, 0.6) is 5.75 Å². The summed E-state index contributed by atoms with van der Waals surface area (Å²) in [5.41, 5.74) is 2.21. The smallest absolute Gasteiger partial charge is 0.148 e. The van der Waals surface area contributed by atoms with E-state index in [0.29, 0.717) is 11.6 Å². The molecule has 5 heteroatoms. The van der Waals surface area contributed by atoms with E-state index in [2.05, 4.69) is 47.8 Å². The molecule has 0 aromatic heterocycles. The van der Waals surface area contributed by atoms with Crippen molar-refractivity contribution in [2.75, 3.05) is 0 Å². The van der Waals surface area contributed by atoms with Gasteiger partial charge in [0.15, 0.2) is 0 Å². The number of alkyl halides is 1. The Kier molecular flexibility index (Phi) is 5.75. The lowest BCUT2D eigenvalue weighted by Crippen LogP contribution is -1.97. The lowest BCUT2D eigenvalue weighted by Gasteiger charge is -2.12. The molecule has 0 fully saturated rings. The zero-order chi connectivity index (χ0) is 13.8. The summed E-state index contributed by atoms with van der Waals surface area (Å²) in [6.07, 6.45) is 0. The van der Waals surface area contributed by atoms with Crippen LogP contribution in [0.3, 0.4) is 0 Å². The Morgan fingerprint density at radius 2 is 1.68 bits per heavy atom. The molecule has 0 atom stereocenters. The van der Waals surface area contributed by atoms with E-state index >= 15 is 0 Å². The topological polar surface area (TPSA) is 9.23 Å². The Labute approximate surface area is 142 Å². The van der Waals surface area contributed by atoms with Gasteiger partial charge in [0.05, 0.1) is 8.95 Å². The second-order valence-electron chi connectivity index (χ2n) is 3.94. The Hall–Kier alpha value is -0.0300. The van der Waals surface area contributed by atoms with Crippen LogP contribution in [0.1, 0.15) is 11.1 Å². The fourth-order valence-corrected chi connectivity index (χ4v) is 3.66. The molecule has 0 spiro atoms. The van der Waals surface area contributed by atoms with Crippen LogP contribution in [0.2, 0.25) is 5.02 Å². The molecule has 0 saturated heterocycles. The van der Waals surface area contributed by atoms with Crippen molar-refractivity contribution >= 4 is 59.4 Å². The molecule has 2 aromatic rings. The van der Waals surface area contributed by atoms with E-state index in [-0.39, 0.29) is 0 Å². The largest absolute Gasteiger partial charge is 0.487 e. The molecule has 0 aliphatic rings. The highest BCUT2D eigenvalue weighted by Gasteiger charge is 2.09. The summed E-state index contributed by atoms with van der Waals surface area (Å²) in [7, 11) is 0. The van der Waals surface area contributed by atoms with Gasteiger partial charge < -0.3 is 4.74 Å². The van der Waals surface area contributed by atoms with Crippen LogP contribution in [-0.4, -0.2) is 0 Å². The van der Waals surface area contributed by atoms with Gasteiger partial charge in [-0.2, -0.15) is 0 Å². The molecular formula is C14H10Br3ClO. The Morgan fingerprint density at radius 1 is 1.00 bits per heavy atom. The zero-order valence-corrected chi connectivity index (χ0v) is 15.3. The van der Waals surface area contributed by atoms with E-state index in [1.54, 1.807) is 0 Å². The van der Waals surface area contributed by atoms with Crippen molar-refractivity contribution < 1.29 is 4.74 Å². The minimum absolute atomic E-state index is 0.478. The quantitative estimate of drug-likeness (QED) is 0.475. The van der Waals surface area contributed by atoms with Crippen LogP contribution in [0, 0.1) is 0 Å². The zero-order valence-electron chi connectivity index (χ0n) is 9.80. The van der Waals surface area contributed by atoms with Gasteiger partial charge in [0.2, 0.25) is 0 Å². The average molecular weight is 469 g/mol. The number of benzene rings is 2. The van der Waals surface area contributed by atoms with Crippen LogP contribution in [0.4, 0.5) is 0 Å². The van der Waals surface area contributed by atoms with Gasteiger partial charge in [0, 0.05) is 10.4 Å². The van der Waals surface area contributed by atoms with Crippen LogP contribution >= 0.6 is 59.4 Å². The number of rotatable bonds is 4. The third kappa shape index (κ3) is 4.22. The van der Waals surface area contributed by atoms with Gasteiger partial charge in [-0.1, -0.05) is 39.7 Å². The van der Waals surface area contributed by atoms with Crippen molar-refractivity contribution in [2.24, 2.45) is 0 Å². The summed E-state index contributed by atoms with van der Waals surface area (Å²) in [4.78, 5) is 0. The van der Waals surface area contributed by atoms with E-state index in [1.165, 1.54) is 5.56 Å². The molecule has 2 rings (SSSR count). The molecule has 0 radical (unpaired) electrons. The maximum atomic E-state index is 5.95. The van der Waals surface area contributed by atoms with Crippen LogP contribution in [0.15, 0.2) is 45.3 Å². The molecule has 0 amide bonds. The summed E-state index contributed by atoms with van der Waals surface area (Å²) < 4.78 is 7.70. The second-order valence-corrected chi connectivity index (χ2v) is 6.65. The van der Waals surface area contributed by atoms with Crippen molar-refractivity contribution in [2.45, 2.75) is 11.9 Å². The Morgan fingerprint density at radius 3 is 2.26 bits per heavy atom. The molecule has 0 bridgehead atoms. The summed E-state index contributed by atoms with van der Waals surface area (Å²) in [5.74, 6) is 0.796. The lowest BCUT2D eigenvalue weighted by atomic mass is 10.2. The number of ether oxygens (including phenoxy) is 1. The second kappa shape index (κ2) is 7.11. The van der Waals surface area contributed by atoms with Crippen LogP contribution in [0.25, 0.3) is 0 Å². The Balaban J connectivity index is 2.16. The first-order chi connectivity index (χ1) is 9.10. The summed E-state index contributed by atoms with van der Waals surface area (Å²) in [6.45, 7) is 0.478. The first-order valence-electron chi connectivity index (χ1n) is 5.51. The predicted octanol–water partition coefficient (Wildman–Crippen LogP) is 6.34. The highest BCUT2D eigenvalue weighted by Crippen LogP contribution is 2.35.